The SMILES string of the molecule is CC(=O)c1cccc(OCC(=O)O[C@@H](C)C(=O)Nc2ccc(C#N)c(Cl)c2)c1. The highest BCUT2D eigenvalue weighted by molar-refractivity contribution is 6.32. The molecule has 1 amide bonds. The molecule has 0 heterocycles. The molecule has 0 bridgehead atoms. The molecule has 0 aliphatic heterocycles. The van der Waals surface area contributed by atoms with E-state index in [2.05, 4.69) is 5.32 Å². The Morgan fingerprint density at radius 2 is 1.96 bits per heavy atom. The normalized spacial score (nSPS) is 11.1. The van der Waals surface area contributed by atoms with E-state index in [4.69, 9.17) is 26.3 Å². The molecule has 0 aromatic heterocycles. The van der Waals surface area contributed by atoms with Gasteiger partial charge in [0.05, 0.1) is 10.6 Å². The van der Waals surface area contributed by atoms with E-state index in [9.17, 15) is 14.4 Å². The number of halogens is 1. The summed E-state index contributed by atoms with van der Waals surface area (Å²) in [5, 5.41) is 11.6. The Kier molecular flexibility index (Phi) is 7.13. The number of carbonyl (C=O) groups excluding carboxylic acids is 3. The fourth-order valence-corrected chi connectivity index (χ4v) is 2.38. The van der Waals surface area contributed by atoms with Gasteiger partial charge in [0.15, 0.2) is 18.5 Å². The quantitative estimate of drug-likeness (QED) is 0.564. The van der Waals surface area contributed by atoms with E-state index in [1.165, 1.54) is 38.1 Å². The minimum Gasteiger partial charge on any atom is -0.482 e. The predicted octanol–water partition coefficient (Wildman–Crippen LogP) is 3.36. The third-order valence-corrected chi connectivity index (χ3v) is 3.94. The minimum absolute atomic E-state index is 0.124. The number of ether oxygens (including phenoxy) is 2. The number of hydrogen-bond acceptors (Lipinski definition) is 6. The van der Waals surface area contributed by atoms with Gasteiger partial charge in [-0.25, -0.2) is 4.79 Å². The number of benzene rings is 2. The molecule has 0 saturated carbocycles. The molecule has 2 aromatic carbocycles. The average Bonchev–Trinajstić information content (AvgIpc) is 2.66. The molecule has 0 aliphatic rings. The van der Waals surface area contributed by atoms with Crippen molar-refractivity contribution in [1.82, 2.24) is 0 Å². The van der Waals surface area contributed by atoms with Crippen LogP contribution in [-0.4, -0.2) is 30.4 Å². The highest BCUT2D eigenvalue weighted by Crippen LogP contribution is 2.20. The maximum atomic E-state index is 12.1. The van der Waals surface area contributed by atoms with E-state index < -0.39 is 24.6 Å². The molecule has 1 N–H and O–H groups in total. The van der Waals surface area contributed by atoms with Gasteiger partial charge in [0.2, 0.25) is 0 Å². The molecule has 0 unspecified atom stereocenters. The van der Waals surface area contributed by atoms with Crippen molar-refractivity contribution in [3.05, 3.63) is 58.6 Å². The Balaban J connectivity index is 1.87. The van der Waals surface area contributed by atoms with Crippen LogP contribution in [0.25, 0.3) is 0 Å². The van der Waals surface area contributed by atoms with Gasteiger partial charge in [0, 0.05) is 11.3 Å². The van der Waals surface area contributed by atoms with Gasteiger partial charge in [0.25, 0.3) is 5.91 Å². The number of ketones is 1. The van der Waals surface area contributed by atoms with Gasteiger partial charge in [-0.1, -0.05) is 23.7 Å². The second-order valence-electron chi connectivity index (χ2n) is 5.80. The first-order valence-corrected chi connectivity index (χ1v) is 8.61. The highest BCUT2D eigenvalue weighted by atomic mass is 35.5. The van der Waals surface area contributed by atoms with Crippen LogP contribution < -0.4 is 10.1 Å². The van der Waals surface area contributed by atoms with Crippen LogP contribution in [0.3, 0.4) is 0 Å². The van der Waals surface area contributed by atoms with Gasteiger partial charge in [-0.3, -0.25) is 9.59 Å². The Morgan fingerprint density at radius 3 is 2.61 bits per heavy atom. The van der Waals surface area contributed by atoms with Crippen LogP contribution >= 0.6 is 11.6 Å². The zero-order valence-corrected chi connectivity index (χ0v) is 15.9. The zero-order chi connectivity index (χ0) is 20.7. The topological polar surface area (TPSA) is 105 Å². The van der Waals surface area contributed by atoms with E-state index in [-0.39, 0.29) is 16.4 Å². The van der Waals surface area contributed by atoms with Gasteiger partial charge in [-0.2, -0.15) is 5.26 Å². The number of hydrogen-bond donors (Lipinski definition) is 1. The van der Waals surface area contributed by atoms with E-state index >= 15 is 0 Å². The van der Waals surface area contributed by atoms with Crippen LogP contribution in [0.2, 0.25) is 5.02 Å². The van der Waals surface area contributed by atoms with Gasteiger partial charge >= 0.3 is 5.97 Å². The summed E-state index contributed by atoms with van der Waals surface area (Å²) in [7, 11) is 0. The highest BCUT2D eigenvalue weighted by Gasteiger charge is 2.19. The lowest BCUT2D eigenvalue weighted by Crippen LogP contribution is -2.31. The molecule has 8 heteroatoms. The molecule has 0 aliphatic carbocycles. The zero-order valence-electron chi connectivity index (χ0n) is 15.2. The van der Waals surface area contributed by atoms with Crippen LogP contribution in [0.15, 0.2) is 42.5 Å². The van der Waals surface area contributed by atoms with E-state index in [0.29, 0.717) is 17.0 Å². The van der Waals surface area contributed by atoms with Crippen LogP contribution in [0.4, 0.5) is 5.69 Å². The van der Waals surface area contributed by atoms with Gasteiger partial charge in [-0.05, 0) is 44.2 Å². The van der Waals surface area contributed by atoms with Crippen LogP contribution in [-0.2, 0) is 14.3 Å². The Bertz CT molecular complexity index is 952. The molecule has 0 saturated heterocycles. The molecule has 7 nitrogen and oxygen atoms in total. The van der Waals surface area contributed by atoms with Crippen molar-refractivity contribution in [3.63, 3.8) is 0 Å². The number of nitrogens with one attached hydrogen (secondary N) is 1. The molecular formula is C20H17ClN2O5. The number of esters is 1. The second kappa shape index (κ2) is 9.53. The van der Waals surface area contributed by atoms with Crippen molar-refractivity contribution < 1.29 is 23.9 Å². The Labute approximate surface area is 166 Å². The lowest BCUT2D eigenvalue weighted by Gasteiger charge is -2.14. The van der Waals surface area contributed by atoms with Crippen LogP contribution in [0.5, 0.6) is 5.75 Å². The molecule has 1 atom stereocenters. The van der Waals surface area contributed by atoms with Crippen molar-refractivity contribution in [3.8, 4) is 11.8 Å². The molecule has 144 valence electrons. The van der Waals surface area contributed by atoms with Gasteiger partial charge < -0.3 is 14.8 Å². The lowest BCUT2D eigenvalue weighted by molar-refractivity contribution is -0.155. The van der Waals surface area contributed by atoms with Crippen LogP contribution in [0, 0.1) is 11.3 Å². The Hall–Kier alpha value is -3.37. The van der Waals surface area contributed by atoms with Gasteiger partial charge in [-0.15, -0.1) is 0 Å². The van der Waals surface area contributed by atoms with Crippen LogP contribution in [0.1, 0.15) is 29.8 Å². The minimum atomic E-state index is -1.07. The standard InChI is InChI=1S/C20H17ClN2O5/c1-12(24)14-4-3-5-17(8-14)27-11-19(25)28-13(2)20(26)23-16-7-6-15(10-22)18(21)9-16/h3-9,13H,11H2,1-2H3,(H,23,26)/t13-/m0/s1. The molecule has 28 heavy (non-hydrogen) atoms. The summed E-state index contributed by atoms with van der Waals surface area (Å²) in [6.07, 6.45) is -1.07. The van der Waals surface area contributed by atoms with Gasteiger partial charge in [0.1, 0.15) is 11.8 Å². The first kappa shape index (κ1) is 20.9. The second-order valence-corrected chi connectivity index (χ2v) is 6.21. The lowest BCUT2D eigenvalue weighted by atomic mass is 10.1. The number of Topliss-reactive ketones (excluding diaryl/α,β-unsaturated/α-hetero) is 1. The molecule has 0 fully saturated rings. The number of amides is 1. The molecular weight excluding hydrogens is 384 g/mol. The summed E-state index contributed by atoms with van der Waals surface area (Å²) in [6.45, 7) is 2.42. The number of nitrogens with zero attached hydrogens (tertiary/aromatic N) is 1. The summed E-state index contributed by atoms with van der Waals surface area (Å²) in [5.41, 5.74) is 1.11. The van der Waals surface area contributed by atoms with Crippen molar-refractivity contribution in [1.29, 1.82) is 5.26 Å². The fourth-order valence-electron chi connectivity index (χ4n) is 2.16. The summed E-state index contributed by atoms with van der Waals surface area (Å²) >= 11 is 5.91. The Morgan fingerprint density at radius 1 is 1.21 bits per heavy atom. The van der Waals surface area contributed by atoms with E-state index in [1.807, 2.05) is 6.07 Å². The summed E-state index contributed by atoms with van der Waals surface area (Å²) in [4.78, 5) is 35.4. The smallest absolute Gasteiger partial charge is 0.344 e. The fraction of sp³-hybridized carbons (Fsp3) is 0.200. The third-order valence-electron chi connectivity index (χ3n) is 3.63. The van der Waals surface area contributed by atoms with Crippen molar-refractivity contribution >= 4 is 34.9 Å². The number of rotatable bonds is 7. The van der Waals surface area contributed by atoms with Crippen molar-refractivity contribution in [2.24, 2.45) is 0 Å². The number of nitriles is 1. The largest absolute Gasteiger partial charge is 0.482 e. The maximum Gasteiger partial charge on any atom is 0.344 e. The van der Waals surface area contributed by atoms with E-state index in [0.717, 1.165) is 0 Å². The number of carbonyl (C=O) groups is 3. The summed E-state index contributed by atoms with van der Waals surface area (Å²) in [5.74, 6) is -1.09. The summed E-state index contributed by atoms with van der Waals surface area (Å²) < 4.78 is 10.3. The molecule has 2 aromatic rings. The van der Waals surface area contributed by atoms with Crippen molar-refractivity contribution in [2.75, 3.05) is 11.9 Å². The van der Waals surface area contributed by atoms with E-state index in [1.54, 1.807) is 18.2 Å². The first-order chi connectivity index (χ1) is 13.3. The molecule has 0 radical (unpaired) electrons. The molecule has 2 rings (SSSR count). The third kappa shape index (κ3) is 5.83. The maximum absolute atomic E-state index is 12.1. The number of anilines is 1. The predicted molar refractivity (Wildman–Crippen MR) is 102 cm³/mol. The summed E-state index contributed by atoms with van der Waals surface area (Å²) in [6, 6.07) is 12.7. The first-order valence-electron chi connectivity index (χ1n) is 8.24. The van der Waals surface area contributed by atoms with Crippen molar-refractivity contribution in [2.45, 2.75) is 20.0 Å². The average molecular weight is 401 g/mol. The molecule has 0 spiro atoms. The monoisotopic (exact) mass is 400 g/mol.